The zero-order valence-corrected chi connectivity index (χ0v) is 19.2. The monoisotopic (exact) mass is 412 g/mol. The number of esters is 1. The van der Waals surface area contributed by atoms with E-state index in [1.54, 1.807) is 12.1 Å². The van der Waals surface area contributed by atoms with Gasteiger partial charge in [0.1, 0.15) is 11.4 Å². The Hall–Kier alpha value is -2.82. The number of ether oxygens (including phenoxy) is 3. The summed E-state index contributed by atoms with van der Waals surface area (Å²) in [5, 5.41) is 0. The van der Waals surface area contributed by atoms with Gasteiger partial charge in [0, 0.05) is 17.8 Å². The number of carbonyl (C=O) groups is 2. The Labute approximate surface area is 179 Å². The van der Waals surface area contributed by atoms with Gasteiger partial charge >= 0.3 is 12.1 Å². The van der Waals surface area contributed by atoms with E-state index in [0.717, 1.165) is 16.7 Å². The molecule has 2 aromatic carbocycles. The third kappa shape index (κ3) is 4.84. The molecule has 2 aromatic rings. The molecular weight excluding hydrogens is 380 g/mol. The van der Waals surface area contributed by atoms with Gasteiger partial charge in [0.2, 0.25) is 0 Å². The third-order valence-electron chi connectivity index (χ3n) is 6.18. The highest BCUT2D eigenvalue weighted by Crippen LogP contribution is 2.39. The predicted octanol–water partition coefficient (Wildman–Crippen LogP) is 5.78. The zero-order valence-electron chi connectivity index (χ0n) is 19.2. The third-order valence-corrected chi connectivity index (χ3v) is 6.18. The summed E-state index contributed by atoms with van der Waals surface area (Å²) in [5.41, 5.74) is 2.06. The second-order valence-electron chi connectivity index (χ2n) is 9.01. The van der Waals surface area contributed by atoms with Gasteiger partial charge in [-0.25, -0.2) is 4.79 Å². The van der Waals surface area contributed by atoms with Gasteiger partial charge in [-0.15, -0.1) is 0 Å². The molecule has 0 aliphatic carbocycles. The van der Waals surface area contributed by atoms with E-state index >= 15 is 0 Å². The summed E-state index contributed by atoms with van der Waals surface area (Å²) < 4.78 is 15.2. The summed E-state index contributed by atoms with van der Waals surface area (Å²) in [7, 11) is 1.28. The van der Waals surface area contributed by atoms with E-state index in [0.29, 0.717) is 5.75 Å². The summed E-state index contributed by atoms with van der Waals surface area (Å²) >= 11 is 0. The molecule has 0 aromatic heterocycles. The van der Waals surface area contributed by atoms with Crippen LogP contribution in [0.2, 0.25) is 0 Å². The highest BCUT2D eigenvalue weighted by atomic mass is 16.7. The highest BCUT2D eigenvalue weighted by Gasteiger charge is 2.41. The Morgan fingerprint density at radius 2 is 1.17 bits per heavy atom. The van der Waals surface area contributed by atoms with E-state index < -0.39 is 11.8 Å². The van der Waals surface area contributed by atoms with Crippen LogP contribution >= 0.6 is 0 Å². The Bertz CT molecular complexity index is 890. The highest BCUT2D eigenvalue weighted by molar-refractivity contribution is 5.66. The summed E-state index contributed by atoms with van der Waals surface area (Å²) in [4.78, 5) is 22.8. The molecule has 0 radical (unpaired) electrons. The molecule has 0 aliphatic rings. The van der Waals surface area contributed by atoms with E-state index in [1.165, 1.54) is 14.0 Å². The lowest BCUT2D eigenvalue weighted by atomic mass is 9.70. The lowest BCUT2D eigenvalue weighted by Crippen LogP contribution is -2.46. The molecule has 2 rings (SSSR count). The fourth-order valence-corrected chi connectivity index (χ4v) is 3.38. The molecular formula is C25H32O5. The molecule has 0 bridgehead atoms. The standard InChI is InChI=1S/C25H32O5/c1-17(26)30-25(6,7)24(4,5)20-11-9-18(10-12-20)23(2,3)19-13-15-21(16-14-19)29-22(27)28-8/h9-16H,1-8H3. The van der Waals surface area contributed by atoms with Gasteiger partial charge in [-0.3, -0.25) is 4.79 Å². The van der Waals surface area contributed by atoms with Gasteiger partial charge in [-0.05, 0) is 42.7 Å². The first kappa shape index (κ1) is 23.5. The summed E-state index contributed by atoms with van der Waals surface area (Å²) in [6.45, 7) is 13.8. The predicted molar refractivity (Wildman–Crippen MR) is 117 cm³/mol. The minimum Gasteiger partial charge on any atom is -0.459 e. The van der Waals surface area contributed by atoms with Crippen molar-refractivity contribution < 1.29 is 23.8 Å². The van der Waals surface area contributed by atoms with Gasteiger partial charge in [-0.1, -0.05) is 64.1 Å². The van der Waals surface area contributed by atoms with Crippen LogP contribution in [0.15, 0.2) is 48.5 Å². The molecule has 162 valence electrons. The van der Waals surface area contributed by atoms with Crippen LogP contribution in [0.1, 0.15) is 65.2 Å². The number of methoxy groups -OCH3 is 1. The molecule has 0 N–H and O–H groups in total. The van der Waals surface area contributed by atoms with Crippen molar-refractivity contribution in [3.63, 3.8) is 0 Å². The van der Waals surface area contributed by atoms with E-state index in [4.69, 9.17) is 9.47 Å². The second-order valence-corrected chi connectivity index (χ2v) is 9.01. The molecule has 0 aliphatic heterocycles. The topological polar surface area (TPSA) is 61.8 Å². The largest absolute Gasteiger partial charge is 0.513 e. The Balaban J connectivity index is 2.28. The molecule has 0 atom stereocenters. The van der Waals surface area contributed by atoms with Crippen LogP contribution in [0.3, 0.4) is 0 Å². The maximum Gasteiger partial charge on any atom is 0.513 e. The zero-order chi connectivity index (χ0) is 22.7. The van der Waals surface area contributed by atoms with Gasteiger partial charge < -0.3 is 14.2 Å². The molecule has 0 unspecified atom stereocenters. The van der Waals surface area contributed by atoms with Crippen LogP contribution < -0.4 is 4.74 Å². The van der Waals surface area contributed by atoms with E-state index in [9.17, 15) is 9.59 Å². The van der Waals surface area contributed by atoms with Crippen LogP contribution in [0.5, 0.6) is 5.75 Å². The maximum atomic E-state index is 11.5. The average Bonchev–Trinajstić information content (AvgIpc) is 2.67. The van der Waals surface area contributed by atoms with Crippen molar-refractivity contribution >= 4 is 12.1 Å². The van der Waals surface area contributed by atoms with Gasteiger partial charge in [0.25, 0.3) is 0 Å². The van der Waals surface area contributed by atoms with Crippen LogP contribution in [0, 0.1) is 0 Å². The van der Waals surface area contributed by atoms with Gasteiger partial charge in [-0.2, -0.15) is 0 Å². The van der Waals surface area contributed by atoms with E-state index in [2.05, 4.69) is 56.7 Å². The van der Waals surface area contributed by atoms with Crippen molar-refractivity contribution in [3.8, 4) is 5.75 Å². The van der Waals surface area contributed by atoms with Crippen molar-refractivity contribution in [3.05, 3.63) is 65.2 Å². The number of rotatable bonds is 6. The van der Waals surface area contributed by atoms with Crippen molar-refractivity contribution in [2.24, 2.45) is 0 Å². The Kier molecular flexibility index (Phi) is 6.65. The quantitative estimate of drug-likeness (QED) is 0.445. The van der Waals surface area contributed by atoms with Crippen molar-refractivity contribution in [1.82, 2.24) is 0 Å². The molecule has 0 amide bonds. The van der Waals surface area contributed by atoms with Crippen LogP contribution in [-0.4, -0.2) is 24.8 Å². The first-order valence-corrected chi connectivity index (χ1v) is 9.98. The molecule has 5 nitrogen and oxygen atoms in total. The number of carbonyl (C=O) groups excluding carboxylic acids is 2. The Morgan fingerprint density at radius 3 is 1.60 bits per heavy atom. The molecule has 0 spiro atoms. The van der Waals surface area contributed by atoms with Crippen LogP contribution in [0.25, 0.3) is 0 Å². The first-order chi connectivity index (χ1) is 13.8. The lowest BCUT2D eigenvalue weighted by molar-refractivity contribution is -0.159. The molecule has 5 heteroatoms. The smallest absolute Gasteiger partial charge is 0.459 e. The van der Waals surface area contributed by atoms with Gasteiger partial charge in [0.05, 0.1) is 7.11 Å². The minimum atomic E-state index is -0.739. The molecule has 30 heavy (non-hydrogen) atoms. The van der Waals surface area contributed by atoms with E-state index in [1.807, 2.05) is 26.0 Å². The maximum absolute atomic E-state index is 11.5. The van der Waals surface area contributed by atoms with Crippen molar-refractivity contribution in [2.45, 2.75) is 64.9 Å². The summed E-state index contributed by atoms with van der Waals surface area (Å²) in [6, 6.07) is 15.8. The summed E-state index contributed by atoms with van der Waals surface area (Å²) in [5.74, 6) is 0.150. The Morgan fingerprint density at radius 1 is 0.733 bits per heavy atom. The van der Waals surface area contributed by atoms with Crippen LogP contribution in [0.4, 0.5) is 4.79 Å². The SMILES string of the molecule is COC(=O)Oc1ccc(C(C)(C)c2ccc(C(C)(C)C(C)(C)OC(C)=O)cc2)cc1. The molecule has 0 saturated heterocycles. The molecule has 0 saturated carbocycles. The number of hydrogen-bond donors (Lipinski definition) is 0. The van der Waals surface area contributed by atoms with Crippen molar-refractivity contribution in [1.29, 1.82) is 0 Å². The van der Waals surface area contributed by atoms with Gasteiger partial charge in [0.15, 0.2) is 0 Å². The number of hydrogen-bond acceptors (Lipinski definition) is 5. The van der Waals surface area contributed by atoms with E-state index in [-0.39, 0.29) is 16.8 Å². The molecule has 0 fully saturated rings. The van der Waals surface area contributed by atoms with Crippen LogP contribution in [-0.2, 0) is 25.1 Å². The first-order valence-electron chi connectivity index (χ1n) is 9.98. The fraction of sp³-hybridized carbons (Fsp3) is 0.440. The lowest BCUT2D eigenvalue weighted by Gasteiger charge is -2.41. The normalized spacial score (nSPS) is 12.3. The molecule has 0 heterocycles. The average molecular weight is 413 g/mol. The fourth-order valence-electron chi connectivity index (χ4n) is 3.38. The number of benzene rings is 2. The second kappa shape index (κ2) is 8.50. The minimum absolute atomic E-state index is 0.252. The van der Waals surface area contributed by atoms with Crippen molar-refractivity contribution in [2.75, 3.05) is 7.11 Å². The summed E-state index contributed by atoms with van der Waals surface area (Å²) in [6.07, 6.45) is -0.739.